The van der Waals surface area contributed by atoms with Crippen LogP contribution in [0.15, 0.2) is 18.2 Å². The van der Waals surface area contributed by atoms with E-state index in [4.69, 9.17) is 10.2 Å². The summed E-state index contributed by atoms with van der Waals surface area (Å²) in [6, 6.07) is 2.27. The minimum absolute atomic E-state index is 0.279. The normalized spacial score (nSPS) is 11.5. The number of carboxylic acid groups (broad SMARTS) is 2. The van der Waals surface area contributed by atoms with E-state index < -0.39 is 40.9 Å². The molecule has 0 aliphatic rings. The molecule has 0 radical (unpaired) electrons. The van der Waals surface area contributed by atoms with E-state index in [-0.39, 0.29) is 11.1 Å². The summed E-state index contributed by atoms with van der Waals surface area (Å²) in [6.07, 6.45) is -0.833. The fraction of sp³-hybridized carbons (Fsp3) is 0.250. The SMILES string of the molecule is Cc1cccc([N+](=O)[O-])c1C(=O)N[C@@H](CC(=O)O)C(=O)O. The standard InChI is InChI=1S/C12H12N2O7/c1-6-3-2-4-8(14(20)21)10(6)11(17)13-7(12(18)19)5-9(15)16/h2-4,7H,5H2,1H3,(H,13,17)(H,15,16)(H,18,19)/t7-/m0/s1. The Balaban J connectivity index is 3.11. The number of carbonyl (C=O) groups excluding carboxylic acids is 1. The molecule has 1 rings (SSSR count). The molecule has 1 amide bonds. The molecule has 0 saturated heterocycles. The first kappa shape index (κ1) is 16.1. The Bertz CT molecular complexity index is 612. The van der Waals surface area contributed by atoms with Gasteiger partial charge in [-0.15, -0.1) is 0 Å². The Morgan fingerprint density at radius 1 is 1.33 bits per heavy atom. The van der Waals surface area contributed by atoms with Crippen LogP contribution < -0.4 is 5.32 Å². The first-order valence-electron chi connectivity index (χ1n) is 5.73. The molecule has 1 atom stereocenters. The molecule has 0 heterocycles. The van der Waals surface area contributed by atoms with Gasteiger partial charge in [-0.2, -0.15) is 0 Å². The molecular weight excluding hydrogens is 284 g/mol. The number of amides is 1. The third kappa shape index (κ3) is 4.00. The van der Waals surface area contributed by atoms with E-state index in [1.54, 1.807) is 0 Å². The first-order valence-corrected chi connectivity index (χ1v) is 5.73. The number of aryl methyl sites for hydroxylation is 1. The van der Waals surface area contributed by atoms with Gasteiger partial charge in [-0.05, 0) is 12.5 Å². The van der Waals surface area contributed by atoms with Crippen molar-refractivity contribution in [1.82, 2.24) is 5.32 Å². The number of carbonyl (C=O) groups is 3. The Morgan fingerprint density at radius 3 is 2.43 bits per heavy atom. The highest BCUT2D eigenvalue weighted by atomic mass is 16.6. The Hall–Kier alpha value is -2.97. The zero-order valence-electron chi connectivity index (χ0n) is 10.9. The number of nitrogens with one attached hydrogen (secondary N) is 1. The summed E-state index contributed by atoms with van der Waals surface area (Å²) in [5.74, 6) is -3.96. The van der Waals surface area contributed by atoms with E-state index in [0.29, 0.717) is 0 Å². The van der Waals surface area contributed by atoms with Gasteiger partial charge in [0.1, 0.15) is 11.6 Å². The van der Waals surface area contributed by atoms with Gasteiger partial charge in [0.15, 0.2) is 0 Å². The number of aliphatic carboxylic acids is 2. The molecule has 0 unspecified atom stereocenters. The van der Waals surface area contributed by atoms with Gasteiger partial charge in [0.2, 0.25) is 0 Å². The maximum Gasteiger partial charge on any atom is 0.326 e. The van der Waals surface area contributed by atoms with E-state index >= 15 is 0 Å². The van der Waals surface area contributed by atoms with Crippen molar-refractivity contribution in [3.05, 3.63) is 39.4 Å². The molecule has 9 heteroatoms. The number of nitrogens with zero attached hydrogens (tertiary/aromatic N) is 1. The van der Waals surface area contributed by atoms with Gasteiger partial charge in [-0.25, -0.2) is 4.79 Å². The van der Waals surface area contributed by atoms with Crippen molar-refractivity contribution in [3.8, 4) is 0 Å². The minimum Gasteiger partial charge on any atom is -0.481 e. The lowest BCUT2D eigenvalue weighted by atomic mass is 10.0. The van der Waals surface area contributed by atoms with E-state index in [9.17, 15) is 24.5 Å². The summed E-state index contributed by atoms with van der Waals surface area (Å²) in [6.45, 7) is 1.45. The van der Waals surface area contributed by atoms with E-state index in [1.165, 1.54) is 19.1 Å². The van der Waals surface area contributed by atoms with Crippen LogP contribution in [-0.2, 0) is 9.59 Å². The molecule has 0 aliphatic carbocycles. The van der Waals surface area contributed by atoms with Crippen molar-refractivity contribution >= 4 is 23.5 Å². The second-order valence-corrected chi connectivity index (χ2v) is 4.19. The molecule has 0 spiro atoms. The number of hydrogen-bond donors (Lipinski definition) is 3. The lowest BCUT2D eigenvalue weighted by Gasteiger charge is -2.13. The smallest absolute Gasteiger partial charge is 0.326 e. The molecule has 0 aliphatic heterocycles. The van der Waals surface area contributed by atoms with E-state index in [0.717, 1.165) is 6.07 Å². The van der Waals surface area contributed by atoms with Crippen LogP contribution in [0.2, 0.25) is 0 Å². The Morgan fingerprint density at radius 2 is 1.95 bits per heavy atom. The van der Waals surface area contributed by atoms with Crippen molar-refractivity contribution in [2.45, 2.75) is 19.4 Å². The zero-order valence-corrected chi connectivity index (χ0v) is 10.9. The summed E-state index contributed by atoms with van der Waals surface area (Å²) < 4.78 is 0. The fourth-order valence-electron chi connectivity index (χ4n) is 1.70. The maximum absolute atomic E-state index is 12.0. The van der Waals surface area contributed by atoms with Gasteiger partial charge < -0.3 is 15.5 Å². The summed E-state index contributed by atoms with van der Waals surface area (Å²) >= 11 is 0. The van der Waals surface area contributed by atoms with Crippen LogP contribution in [0.4, 0.5) is 5.69 Å². The van der Waals surface area contributed by atoms with Crippen molar-refractivity contribution in [2.75, 3.05) is 0 Å². The van der Waals surface area contributed by atoms with Gasteiger partial charge in [0, 0.05) is 6.07 Å². The van der Waals surface area contributed by atoms with Crippen LogP contribution in [0.3, 0.4) is 0 Å². The largest absolute Gasteiger partial charge is 0.481 e. The third-order valence-electron chi connectivity index (χ3n) is 2.66. The second kappa shape index (κ2) is 6.46. The summed E-state index contributed by atoms with van der Waals surface area (Å²) in [5, 5.41) is 30.3. The number of hydrogen-bond acceptors (Lipinski definition) is 5. The highest BCUT2D eigenvalue weighted by Crippen LogP contribution is 2.21. The molecule has 1 aromatic carbocycles. The quantitative estimate of drug-likeness (QED) is 0.513. The molecule has 0 bridgehead atoms. The molecule has 0 aromatic heterocycles. The van der Waals surface area contributed by atoms with Crippen molar-refractivity contribution in [1.29, 1.82) is 0 Å². The summed E-state index contributed by atoms with van der Waals surface area (Å²) in [4.78, 5) is 43.6. The van der Waals surface area contributed by atoms with Crippen LogP contribution in [-0.4, -0.2) is 39.0 Å². The summed E-state index contributed by atoms with van der Waals surface area (Å²) in [5.41, 5.74) is -0.493. The van der Waals surface area contributed by atoms with E-state index in [1.807, 2.05) is 5.32 Å². The van der Waals surface area contributed by atoms with Gasteiger partial charge >= 0.3 is 11.9 Å². The lowest BCUT2D eigenvalue weighted by molar-refractivity contribution is -0.385. The zero-order chi connectivity index (χ0) is 16.2. The number of benzene rings is 1. The average Bonchev–Trinajstić information content (AvgIpc) is 2.36. The molecule has 112 valence electrons. The van der Waals surface area contributed by atoms with Crippen LogP contribution >= 0.6 is 0 Å². The minimum atomic E-state index is -1.67. The van der Waals surface area contributed by atoms with Gasteiger partial charge in [-0.3, -0.25) is 19.7 Å². The van der Waals surface area contributed by atoms with Crippen LogP contribution in [0.25, 0.3) is 0 Å². The Labute approximate surface area is 118 Å². The van der Waals surface area contributed by atoms with Crippen molar-refractivity contribution < 1.29 is 29.5 Å². The Kier molecular flexibility index (Phi) is 4.95. The first-order chi connectivity index (χ1) is 9.73. The molecular formula is C12H12N2O7. The van der Waals surface area contributed by atoms with Crippen LogP contribution in [0.5, 0.6) is 0 Å². The highest BCUT2D eigenvalue weighted by Gasteiger charge is 2.28. The van der Waals surface area contributed by atoms with Crippen LogP contribution in [0.1, 0.15) is 22.3 Å². The molecule has 0 fully saturated rings. The third-order valence-corrected chi connectivity index (χ3v) is 2.66. The average molecular weight is 296 g/mol. The number of nitro groups is 1. The van der Waals surface area contributed by atoms with Gasteiger partial charge in [0.25, 0.3) is 11.6 Å². The van der Waals surface area contributed by atoms with Crippen molar-refractivity contribution in [3.63, 3.8) is 0 Å². The molecule has 3 N–H and O–H groups in total. The molecule has 21 heavy (non-hydrogen) atoms. The number of carboxylic acids is 2. The van der Waals surface area contributed by atoms with Crippen LogP contribution in [0, 0.1) is 17.0 Å². The van der Waals surface area contributed by atoms with Gasteiger partial charge in [-0.1, -0.05) is 12.1 Å². The lowest BCUT2D eigenvalue weighted by Crippen LogP contribution is -2.42. The molecule has 9 nitrogen and oxygen atoms in total. The maximum atomic E-state index is 12.0. The second-order valence-electron chi connectivity index (χ2n) is 4.19. The van der Waals surface area contributed by atoms with Gasteiger partial charge in [0.05, 0.1) is 11.3 Å². The predicted molar refractivity (Wildman–Crippen MR) is 69.0 cm³/mol. The monoisotopic (exact) mass is 296 g/mol. The summed E-state index contributed by atoms with van der Waals surface area (Å²) in [7, 11) is 0. The number of rotatable bonds is 6. The fourth-order valence-corrected chi connectivity index (χ4v) is 1.70. The molecule has 1 aromatic rings. The predicted octanol–water partition coefficient (Wildman–Crippen LogP) is 0.561. The number of nitro benzene ring substituents is 1. The van der Waals surface area contributed by atoms with E-state index in [2.05, 4.69) is 0 Å². The highest BCUT2D eigenvalue weighted by molar-refractivity contribution is 6.01. The topological polar surface area (TPSA) is 147 Å². The molecule has 0 saturated carbocycles. The van der Waals surface area contributed by atoms with Crippen molar-refractivity contribution in [2.24, 2.45) is 0 Å².